The van der Waals surface area contributed by atoms with Crippen LogP contribution in [0.5, 0.6) is 0 Å². The molecule has 0 bridgehead atoms. The normalized spacial score (nSPS) is 10.2. The van der Waals surface area contributed by atoms with Crippen molar-refractivity contribution in [1.29, 1.82) is 0 Å². The van der Waals surface area contributed by atoms with E-state index in [0.717, 1.165) is 5.01 Å². The van der Waals surface area contributed by atoms with Crippen LogP contribution < -0.4 is 5.43 Å². The molecule has 0 aromatic heterocycles. The van der Waals surface area contributed by atoms with E-state index in [0.29, 0.717) is 0 Å². The van der Waals surface area contributed by atoms with E-state index in [1.165, 1.54) is 11.1 Å². The van der Waals surface area contributed by atoms with Crippen molar-refractivity contribution in [3.05, 3.63) is 25.2 Å². The van der Waals surface area contributed by atoms with E-state index >= 15 is 0 Å². The number of hydrazine groups is 1. The summed E-state index contributed by atoms with van der Waals surface area (Å²) in [5, 5.41) is 0.866. The lowest BCUT2D eigenvalue weighted by atomic mass is 10.2. The van der Waals surface area contributed by atoms with E-state index in [1.54, 1.807) is 34.7 Å². The van der Waals surface area contributed by atoms with Crippen LogP contribution in [0.15, 0.2) is 25.2 Å². The predicted octanol–water partition coefficient (Wildman–Crippen LogP) is 2.43. The molecule has 1 N–H and O–H groups in total. The number of hydrogen-bond donors (Lipinski definition) is 1. The predicted molar refractivity (Wildman–Crippen MR) is 75.3 cm³/mol. The Bertz CT molecular complexity index is 388. The molecule has 0 aromatic rings. The van der Waals surface area contributed by atoms with Crippen LogP contribution in [0.3, 0.4) is 0 Å². The van der Waals surface area contributed by atoms with Gasteiger partial charge in [-0.05, 0) is 33.9 Å². The number of ether oxygens (including phenoxy) is 2. The minimum Gasteiger partial charge on any atom is -0.449 e. The van der Waals surface area contributed by atoms with Crippen molar-refractivity contribution < 1.29 is 19.1 Å². The molecule has 114 valence electrons. The van der Waals surface area contributed by atoms with Gasteiger partial charge in [-0.2, -0.15) is 5.01 Å². The van der Waals surface area contributed by atoms with E-state index in [-0.39, 0.29) is 12.4 Å². The van der Waals surface area contributed by atoms with Gasteiger partial charge in [-0.1, -0.05) is 13.2 Å². The molecule has 0 spiro atoms. The van der Waals surface area contributed by atoms with Gasteiger partial charge in [-0.25, -0.2) is 15.0 Å². The highest BCUT2D eigenvalue weighted by Gasteiger charge is 2.27. The fourth-order valence-electron chi connectivity index (χ4n) is 1.04. The van der Waals surface area contributed by atoms with E-state index in [1.807, 2.05) is 0 Å². The lowest BCUT2D eigenvalue weighted by Crippen LogP contribution is -2.49. The van der Waals surface area contributed by atoms with Crippen LogP contribution in [0.2, 0.25) is 0 Å². The van der Waals surface area contributed by atoms with Crippen LogP contribution in [0, 0.1) is 0 Å². The molecular formula is C13H23N3O4. The number of carbonyl (C=O) groups is 2. The summed E-state index contributed by atoms with van der Waals surface area (Å²) in [6.45, 7) is 14.2. The second-order valence-corrected chi connectivity index (χ2v) is 4.86. The molecular weight excluding hydrogens is 262 g/mol. The third kappa shape index (κ3) is 6.12. The Hall–Kier alpha value is -2.18. The largest absolute Gasteiger partial charge is 0.449 e. The van der Waals surface area contributed by atoms with Crippen molar-refractivity contribution in [3.63, 3.8) is 0 Å². The minimum absolute atomic E-state index is 0.169. The summed E-state index contributed by atoms with van der Waals surface area (Å²) in [6, 6.07) is 0. The van der Waals surface area contributed by atoms with E-state index in [9.17, 15) is 9.59 Å². The first kappa shape index (κ1) is 17.8. The maximum atomic E-state index is 12.1. The Labute approximate surface area is 119 Å². The highest BCUT2D eigenvalue weighted by atomic mass is 16.6. The first-order valence-electron chi connectivity index (χ1n) is 6.13. The molecule has 0 atom stereocenters. The van der Waals surface area contributed by atoms with Crippen molar-refractivity contribution >= 4 is 12.2 Å². The number of nitrogens with one attached hydrogen (secondary N) is 1. The summed E-state index contributed by atoms with van der Waals surface area (Å²) < 4.78 is 9.92. The fraction of sp³-hybridized carbons (Fsp3) is 0.538. The monoisotopic (exact) mass is 285 g/mol. The molecule has 0 rings (SSSR count). The first-order chi connectivity index (χ1) is 9.12. The van der Waals surface area contributed by atoms with Gasteiger partial charge in [0, 0.05) is 7.05 Å². The van der Waals surface area contributed by atoms with Gasteiger partial charge in [0.2, 0.25) is 0 Å². The van der Waals surface area contributed by atoms with Crippen LogP contribution in [-0.2, 0) is 9.47 Å². The third-order valence-electron chi connectivity index (χ3n) is 1.99. The van der Waals surface area contributed by atoms with Gasteiger partial charge >= 0.3 is 12.2 Å². The average Bonchev–Trinajstić information content (AvgIpc) is 2.32. The van der Waals surface area contributed by atoms with Crippen molar-refractivity contribution in [2.75, 3.05) is 13.7 Å². The Kier molecular flexibility index (Phi) is 6.61. The SMILES string of the molecule is C=CN(C)C(=C)N(NC(=O)OCC)C(=O)OC(C)(C)C. The zero-order valence-electron chi connectivity index (χ0n) is 12.7. The molecule has 0 aromatic carbocycles. The highest BCUT2D eigenvalue weighted by Crippen LogP contribution is 2.13. The average molecular weight is 285 g/mol. The molecule has 0 aliphatic rings. The second kappa shape index (κ2) is 7.42. The first-order valence-corrected chi connectivity index (χ1v) is 6.13. The minimum atomic E-state index is -0.781. The fourth-order valence-corrected chi connectivity index (χ4v) is 1.04. The maximum Gasteiger partial charge on any atom is 0.435 e. The Morgan fingerprint density at radius 1 is 1.35 bits per heavy atom. The second-order valence-electron chi connectivity index (χ2n) is 4.86. The Morgan fingerprint density at radius 3 is 2.30 bits per heavy atom. The van der Waals surface area contributed by atoms with Gasteiger partial charge in [0.05, 0.1) is 6.61 Å². The standard InChI is InChI=1S/C13H23N3O4/c1-8-15(7)10(3)16(14-11(17)19-9-2)12(18)20-13(4,5)6/h8H,1,3,9H2,2,4-7H3,(H,14,17). The number of nitrogens with zero attached hydrogens (tertiary/aromatic N) is 2. The van der Waals surface area contributed by atoms with Crippen LogP contribution in [0.4, 0.5) is 9.59 Å². The van der Waals surface area contributed by atoms with Crippen LogP contribution in [-0.4, -0.2) is 41.4 Å². The zero-order chi connectivity index (χ0) is 15.9. The lowest BCUT2D eigenvalue weighted by Gasteiger charge is -2.30. The van der Waals surface area contributed by atoms with Gasteiger partial charge in [-0.3, -0.25) is 0 Å². The molecule has 0 saturated heterocycles. The molecule has 0 heterocycles. The molecule has 0 aliphatic carbocycles. The van der Waals surface area contributed by atoms with E-state index < -0.39 is 17.8 Å². The quantitative estimate of drug-likeness (QED) is 0.803. The van der Waals surface area contributed by atoms with Gasteiger partial charge in [0.15, 0.2) is 0 Å². The molecule has 7 heteroatoms. The third-order valence-corrected chi connectivity index (χ3v) is 1.99. The van der Waals surface area contributed by atoms with Crippen LogP contribution >= 0.6 is 0 Å². The van der Waals surface area contributed by atoms with Gasteiger partial charge < -0.3 is 14.4 Å². The zero-order valence-corrected chi connectivity index (χ0v) is 12.7. The molecule has 7 nitrogen and oxygen atoms in total. The number of carbonyl (C=O) groups excluding carboxylic acids is 2. The van der Waals surface area contributed by atoms with Gasteiger partial charge in [0.1, 0.15) is 11.4 Å². The lowest BCUT2D eigenvalue weighted by molar-refractivity contribution is 0.0161. The molecule has 2 amide bonds. The maximum absolute atomic E-state index is 12.1. The molecule has 0 aliphatic heterocycles. The van der Waals surface area contributed by atoms with Crippen molar-refractivity contribution in [1.82, 2.24) is 15.3 Å². The van der Waals surface area contributed by atoms with Crippen molar-refractivity contribution in [2.45, 2.75) is 33.3 Å². The topological polar surface area (TPSA) is 71.1 Å². The van der Waals surface area contributed by atoms with Crippen LogP contribution in [0.25, 0.3) is 0 Å². The summed E-state index contributed by atoms with van der Waals surface area (Å²) in [4.78, 5) is 25.0. The Morgan fingerprint density at radius 2 is 1.90 bits per heavy atom. The van der Waals surface area contributed by atoms with E-state index in [2.05, 4.69) is 18.6 Å². The highest BCUT2D eigenvalue weighted by molar-refractivity contribution is 5.75. The summed E-state index contributed by atoms with van der Waals surface area (Å²) in [5.74, 6) is 0.169. The summed E-state index contributed by atoms with van der Waals surface area (Å²) in [6.07, 6.45) is -0.117. The smallest absolute Gasteiger partial charge is 0.435 e. The Balaban J connectivity index is 5.05. The number of hydrogen-bond acceptors (Lipinski definition) is 5. The molecule has 20 heavy (non-hydrogen) atoms. The molecule has 0 saturated carbocycles. The van der Waals surface area contributed by atoms with Crippen LogP contribution in [0.1, 0.15) is 27.7 Å². The van der Waals surface area contributed by atoms with Gasteiger partial charge in [-0.15, -0.1) is 0 Å². The summed E-state index contributed by atoms with van der Waals surface area (Å²) >= 11 is 0. The number of rotatable bonds is 4. The van der Waals surface area contributed by atoms with Gasteiger partial charge in [0.25, 0.3) is 0 Å². The summed E-state index contributed by atoms with van der Waals surface area (Å²) in [5.41, 5.74) is 1.55. The van der Waals surface area contributed by atoms with Crippen molar-refractivity contribution in [3.8, 4) is 0 Å². The number of amides is 2. The molecule has 0 unspecified atom stereocenters. The summed E-state index contributed by atoms with van der Waals surface area (Å²) in [7, 11) is 1.62. The molecule has 0 radical (unpaired) electrons. The molecule has 0 fully saturated rings. The van der Waals surface area contributed by atoms with E-state index in [4.69, 9.17) is 9.47 Å². The van der Waals surface area contributed by atoms with Crippen molar-refractivity contribution in [2.24, 2.45) is 0 Å².